The Labute approximate surface area is 265 Å². The Hall–Kier alpha value is -1.10. The second-order valence-corrected chi connectivity index (χ2v) is 14.1. The highest BCUT2D eigenvalue weighted by atomic mass is 16.5. The number of hydrogen-bond acceptors (Lipinski definition) is 4. The highest BCUT2D eigenvalue weighted by molar-refractivity contribution is 5.48. The van der Waals surface area contributed by atoms with Gasteiger partial charge in [0.05, 0.1) is 36.6 Å². The Morgan fingerprint density at radius 3 is 1.33 bits per heavy atom. The molecular weight excluding hydrogens is 532 g/mol. The van der Waals surface area contributed by atoms with E-state index in [1.54, 1.807) is 0 Å². The van der Waals surface area contributed by atoms with Crippen molar-refractivity contribution in [2.75, 3.05) is 0 Å². The number of ether oxygens (including phenoxy) is 3. The van der Waals surface area contributed by atoms with Crippen LogP contribution in [0.3, 0.4) is 0 Å². The fraction of sp³-hybridized carbons (Fsp3) is 0.846. The van der Waals surface area contributed by atoms with Crippen molar-refractivity contribution < 1.29 is 19.3 Å². The van der Waals surface area contributed by atoms with Gasteiger partial charge in [-0.15, -0.1) is 0 Å². The van der Waals surface area contributed by atoms with Crippen molar-refractivity contribution >= 4 is 0 Å². The molecule has 0 aliphatic heterocycles. The SMILES string of the molecule is CCCCC(OC1CCCCC1)c1ccc(O)c(C(CCCC)OC2CCCCC2)c1C(CCCC)OC1CCCCC1. The first kappa shape index (κ1) is 34.8. The van der Waals surface area contributed by atoms with Crippen molar-refractivity contribution in [1.29, 1.82) is 0 Å². The van der Waals surface area contributed by atoms with Gasteiger partial charge < -0.3 is 19.3 Å². The summed E-state index contributed by atoms with van der Waals surface area (Å²) in [5, 5.41) is 11.8. The van der Waals surface area contributed by atoms with Crippen LogP contribution < -0.4 is 0 Å². The highest BCUT2D eigenvalue weighted by Gasteiger charge is 2.34. The minimum absolute atomic E-state index is 0.0293. The largest absolute Gasteiger partial charge is 0.508 e. The summed E-state index contributed by atoms with van der Waals surface area (Å²) in [5.41, 5.74) is 3.53. The quantitative estimate of drug-likeness (QED) is 0.183. The third kappa shape index (κ3) is 10.7. The van der Waals surface area contributed by atoms with Crippen LogP contribution in [0, 0.1) is 0 Å². The van der Waals surface area contributed by atoms with Crippen LogP contribution in [-0.2, 0) is 14.2 Å². The fourth-order valence-corrected chi connectivity index (χ4v) is 7.95. The summed E-state index contributed by atoms with van der Waals surface area (Å²) >= 11 is 0. The van der Waals surface area contributed by atoms with Crippen LogP contribution in [-0.4, -0.2) is 23.4 Å². The molecule has 0 aromatic heterocycles. The van der Waals surface area contributed by atoms with Crippen molar-refractivity contribution in [3.05, 3.63) is 28.8 Å². The number of aromatic hydroxyl groups is 1. The standard InChI is InChI=1S/C39H66O4/c1-4-7-25-35(41-30-19-13-10-14-20-30)33-28-29-34(40)39(37(27-9-6-3)43-32-23-17-12-18-24-32)38(33)36(26-8-5-2)42-31-21-15-11-16-22-31/h28-32,35-37,40H,4-27H2,1-3H3. The Balaban J connectivity index is 1.80. The average Bonchev–Trinajstić information content (AvgIpc) is 3.05. The van der Waals surface area contributed by atoms with Gasteiger partial charge in [0, 0.05) is 5.56 Å². The molecule has 0 bridgehead atoms. The predicted octanol–water partition coefficient (Wildman–Crippen LogP) is 12.1. The Kier molecular flexibility index (Phi) is 15.7. The van der Waals surface area contributed by atoms with E-state index >= 15 is 0 Å². The van der Waals surface area contributed by atoms with E-state index in [1.165, 1.54) is 81.8 Å². The van der Waals surface area contributed by atoms with Crippen LogP contribution in [0.25, 0.3) is 0 Å². The zero-order valence-corrected chi connectivity index (χ0v) is 28.3. The summed E-state index contributed by atoms with van der Waals surface area (Å²) in [6.45, 7) is 6.84. The predicted molar refractivity (Wildman–Crippen MR) is 179 cm³/mol. The monoisotopic (exact) mass is 598 g/mol. The molecule has 43 heavy (non-hydrogen) atoms. The molecule has 0 amide bonds. The van der Waals surface area contributed by atoms with Crippen molar-refractivity contribution in [3.63, 3.8) is 0 Å². The summed E-state index contributed by atoms with van der Waals surface area (Å²) in [7, 11) is 0. The molecular formula is C39H66O4. The van der Waals surface area contributed by atoms with E-state index in [0.29, 0.717) is 18.0 Å². The van der Waals surface area contributed by atoms with E-state index in [1.807, 2.05) is 6.07 Å². The molecule has 4 rings (SSSR count). The number of hydrogen-bond donors (Lipinski definition) is 1. The third-order valence-electron chi connectivity index (χ3n) is 10.5. The molecule has 3 saturated carbocycles. The molecule has 1 N–H and O–H groups in total. The fourth-order valence-electron chi connectivity index (χ4n) is 7.95. The van der Waals surface area contributed by atoms with Gasteiger partial charge >= 0.3 is 0 Å². The van der Waals surface area contributed by atoms with Gasteiger partial charge in [0.25, 0.3) is 0 Å². The topological polar surface area (TPSA) is 47.9 Å². The Morgan fingerprint density at radius 2 is 0.907 bits per heavy atom. The van der Waals surface area contributed by atoms with E-state index in [0.717, 1.165) is 89.0 Å². The van der Waals surface area contributed by atoms with Gasteiger partial charge in [-0.05, 0) is 75.0 Å². The number of benzene rings is 1. The van der Waals surface area contributed by atoms with Gasteiger partial charge in [0.2, 0.25) is 0 Å². The second kappa shape index (κ2) is 19.4. The van der Waals surface area contributed by atoms with Crippen molar-refractivity contribution in [3.8, 4) is 5.75 Å². The van der Waals surface area contributed by atoms with E-state index < -0.39 is 0 Å². The first-order valence-electron chi connectivity index (χ1n) is 19.0. The van der Waals surface area contributed by atoms with Gasteiger partial charge in [0.1, 0.15) is 5.75 Å². The summed E-state index contributed by atoms with van der Waals surface area (Å²) in [5.74, 6) is 0.399. The zero-order valence-electron chi connectivity index (χ0n) is 28.3. The highest BCUT2D eigenvalue weighted by Crippen LogP contribution is 2.46. The van der Waals surface area contributed by atoms with Crippen LogP contribution in [0.4, 0.5) is 0 Å². The summed E-state index contributed by atoms with van der Waals surface area (Å²) in [4.78, 5) is 0. The number of rotatable bonds is 18. The maximum atomic E-state index is 11.8. The van der Waals surface area contributed by atoms with Gasteiger partial charge in [-0.2, -0.15) is 0 Å². The summed E-state index contributed by atoms with van der Waals surface area (Å²) in [6, 6.07) is 4.18. The molecule has 0 saturated heterocycles. The lowest BCUT2D eigenvalue weighted by Crippen LogP contribution is -2.26. The Bertz CT molecular complexity index is 881. The molecule has 3 atom stereocenters. The molecule has 4 nitrogen and oxygen atoms in total. The zero-order chi connectivity index (χ0) is 30.3. The lowest BCUT2D eigenvalue weighted by atomic mass is 9.84. The van der Waals surface area contributed by atoms with E-state index in [-0.39, 0.29) is 24.4 Å². The maximum Gasteiger partial charge on any atom is 0.121 e. The molecule has 0 spiro atoms. The van der Waals surface area contributed by atoms with Crippen LogP contribution in [0.5, 0.6) is 5.75 Å². The molecule has 3 fully saturated rings. The summed E-state index contributed by atoms with van der Waals surface area (Å²) < 4.78 is 21.3. The van der Waals surface area contributed by atoms with Crippen LogP contribution in [0.2, 0.25) is 0 Å². The van der Waals surface area contributed by atoms with E-state index in [2.05, 4.69) is 26.8 Å². The molecule has 4 heteroatoms. The molecule has 3 aliphatic carbocycles. The molecule has 1 aromatic carbocycles. The maximum absolute atomic E-state index is 11.8. The molecule has 0 radical (unpaired) electrons. The van der Waals surface area contributed by atoms with Crippen LogP contribution >= 0.6 is 0 Å². The average molecular weight is 599 g/mol. The minimum Gasteiger partial charge on any atom is -0.508 e. The van der Waals surface area contributed by atoms with Crippen LogP contribution in [0.1, 0.15) is 210 Å². The third-order valence-corrected chi connectivity index (χ3v) is 10.5. The van der Waals surface area contributed by atoms with Crippen molar-refractivity contribution in [1.82, 2.24) is 0 Å². The number of unbranched alkanes of at least 4 members (excludes halogenated alkanes) is 3. The lowest BCUT2D eigenvalue weighted by Gasteiger charge is -2.36. The van der Waals surface area contributed by atoms with Gasteiger partial charge in [0.15, 0.2) is 0 Å². The molecule has 3 unspecified atom stereocenters. The second-order valence-electron chi connectivity index (χ2n) is 14.1. The number of phenols is 1. The first-order chi connectivity index (χ1) is 21.1. The smallest absolute Gasteiger partial charge is 0.121 e. The molecule has 3 aliphatic rings. The molecule has 0 heterocycles. The van der Waals surface area contributed by atoms with E-state index in [9.17, 15) is 5.11 Å². The van der Waals surface area contributed by atoms with Gasteiger partial charge in [-0.3, -0.25) is 0 Å². The van der Waals surface area contributed by atoms with Crippen LogP contribution in [0.15, 0.2) is 12.1 Å². The van der Waals surface area contributed by atoms with E-state index in [4.69, 9.17) is 14.2 Å². The van der Waals surface area contributed by atoms with Gasteiger partial charge in [-0.25, -0.2) is 0 Å². The van der Waals surface area contributed by atoms with Crippen molar-refractivity contribution in [2.24, 2.45) is 0 Å². The molecule has 1 aromatic rings. The lowest BCUT2D eigenvalue weighted by molar-refractivity contribution is -0.0555. The minimum atomic E-state index is -0.0985. The number of phenolic OH excluding ortho intramolecular Hbond substituents is 1. The molecule has 246 valence electrons. The Morgan fingerprint density at radius 1 is 0.535 bits per heavy atom. The van der Waals surface area contributed by atoms with Gasteiger partial charge in [-0.1, -0.05) is 123 Å². The first-order valence-corrected chi connectivity index (χ1v) is 19.0. The van der Waals surface area contributed by atoms with Crippen molar-refractivity contribution in [2.45, 2.75) is 211 Å². The normalized spacial score (nSPS) is 21.6. The summed E-state index contributed by atoms with van der Waals surface area (Å²) in [6.07, 6.45) is 29.1.